The minimum Gasteiger partial charge on any atom is -0.369 e. The number of amides is 2. The van der Waals surface area contributed by atoms with E-state index < -0.39 is 0 Å². The van der Waals surface area contributed by atoms with Gasteiger partial charge in [-0.1, -0.05) is 19.3 Å². The monoisotopic (exact) mass is 324 g/mol. The molecule has 23 heavy (non-hydrogen) atoms. The predicted octanol–water partition coefficient (Wildman–Crippen LogP) is 0.551. The van der Waals surface area contributed by atoms with Gasteiger partial charge in [0.05, 0.1) is 13.1 Å². The third kappa shape index (κ3) is 6.87. The van der Waals surface area contributed by atoms with Crippen LogP contribution in [0, 0.1) is 11.8 Å². The number of nitrogens with two attached hydrogens (primary N) is 2. The molecule has 0 radical (unpaired) electrons. The van der Waals surface area contributed by atoms with Crippen LogP contribution in [0.2, 0.25) is 0 Å². The standard InChI is InChI=1S/C17H32N4O2/c18-16(22)12-20-8-4-14(5-9-20)2-1-3-15-6-10-21(11-7-15)13-17(19)23/h14-15H,1-13H2,(H2,18,22)(H2,19,23). The van der Waals surface area contributed by atoms with Crippen molar-refractivity contribution in [2.75, 3.05) is 39.3 Å². The van der Waals surface area contributed by atoms with Crippen LogP contribution in [0.5, 0.6) is 0 Å². The highest BCUT2D eigenvalue weighted by atomic mass is 16.1. The van der Waals surface area contributed by atoms with Crippen molar-refractivity contribution in [2.24, 2.45) is 23.3 Å². The highest BCUT2D eigenvalue weighted by Gasteiger charge is 2.22. The van der Waals surface area contributed by atoms with Gasteiger partial charge in [0.15, 0.2) is 0 Å². The molecule has 2 saturated heterocycles. The Hall–Kier alpha value is -1.14. The summed E-state index contributed by atoms with van der Waals surface area (Å²) in [7, 11) is 0. The largest absolute Gasteiger partial charge is 0.369 e. The SMILES string of the molecule is NC(=O)CN1CCC(CCCC2CCN(CC(N)=O)CC2)CC1. The lowest BCUT2D eigenvalue weighted by Gasteiger charge is -2.33. The average molecular weight is 324 g/mol. The van der Waals surface area contributed by atoms with Crippen molar-refractivity contribution in [3.05, 3.63) is 0 Å². The Bertz CT molecular complexity index is 350. The van der Waals surface area contributed by atoms with Gasteiger partial charge in [0.1, 0.15) is 0 Å². The number of nitrogens with zero attached hydrogens (tertiary/aromatic N) is 2. The lowest BCUT2D eigenvalue weighted by atomic mass is 9.87. The van der Waals surface area contributed by atoms with Gasteiger partial charge in [0.25, 0.3) is 0 Å². The van der Waals surface area contributed by atoms with Crippen molar-refractivity contribution in [2.45, 2.75) is 44.9 Å². The first-order valence-electron chi connectivity index (χ1n) is 9.04. The van der Waals surface area contributed by atoms with E-state index in [2.05, 4.69) is 9.80 Å². The summed E-state index contributed by atoms with van der Waals surface area (Å²) in [6.07, 6.45) is 8.72. The first-order valence-corrected chi connectivity index (χ1v) is 9.04. The molecule has 0 aliphatic carbocycles. The molecule has 0 aromatic heterocycles. The minimum absolute atomic E-state index is 0.217. The Balaban J connectivity index is 1.53. The minimum atomic E-state index is -0.217. The lowest BCUT2D eigenvalue weighted by Crippen LogP contribution is -2.40. The summed E-state index contributed by atoms with van der Waals surface area (Å²) >= 11 is 0. The summed E-state index contributed by atoms with van der Waals surface area (Å²) in [5, 5.41) is 0. The van der Waals surface area contributed by atoms with Crippen molar-refractivity contribution in [3.63, 3.8) is 0 Å². The molecule has 6 heteroatoms. The third-order valence-corrected chi connectivity index (χ3v) is 5.40. The van der Waals surface area contributed by atoms with Gasteiger partial charge in [-0.2, -0.15) is 0 Å². The number of rotatable bonds is 8. The second-order valence-corrected chi connectivity index (χ2v) is 7.30. The van der Waals surface area contributed by atoms with Crippen LogP contribution in [0.3, 0.4) is 0 Å². The molecule has 2 aliphatic rings. The fourth-order valence-corrected chi connectivity index (χ4v) is 4.00. The van der Waals surface area contributed by atoms with Gasteiger partial charge < -0.3 is 11.5 Å². The summed E-state index contributed by atoms with van der Waals surface area (Å²) in [6.45, 7) is 4.88. The van der Waals surface area contributed by atoms with Crippen LogP contribution in [-0.4, -0.2) is 60.9 Å². The average Bonchev–Trinajstić information content (AvgIpc) is 2.50. The van der Waals surface area contributed by atoms with Crippen LogP contribution in [0.15, 0.2) is 0 Å². The number of hydrogen-bond donors (Lipinski definition) is 2. The molecule has 132 valence electrons. The molecule has 2 fully saturated rings. The molecule has 2 aliphatic heterocycles. The zero-order chi connectivity index (χ0) is 16.7. The molecule has 2 amide bonds. The van der Waals surface area contributed by atoms with Crippen molar-refractivity contribution >= 4 is 11.8 Å². The molecule has 2 heterocycles. The Morgan fingerprint density at radius 3 is 1.39 bits per heavy atom. The Kier molecular flexibility index (Phi) is 7.30. The molecule has 0 aromatic carbocycles. The Morgan fingerprint density at radius 1 is 0.739 bits per heavy atom. The first-order chi connectivity index (χ1) is 11.0. The van der Waals surface area contributed by atoms with E-state index in [9.17, 15) is 9.59 Å². The van der Waals surface area contributed by atoms with Crippen LogP contribution in [0.1, 0.15) is 44.9 Å². The van der Waals surface area contributed by atoms with E-state index in [0.717, 1.165) is 38.0 Å². The highest BCUT2D eigenvalue weighted by Crippen LogP contribution is 2.27. The summed E-state index contributed by atoms with van der Waals surface area (Å²) in [5.74, 6) is 1.19. The Morgan fingerprint density at radius 2 is 1.09 bits per heavy atom. The highest BCUT2D eigenvalue weighted by molar-refractivity contribution is 5.76. The van der Waals surface area contributed by atoms with Crippen LogP contribution >= 0.6 is 0 Å². The third-order valence-electron chi connectivity index (χ3n) is 5.40. The van der Waals surface area contributed by atoms with E-state index in [-0.39, 0.29) is 11.8 Å². The number of carbonyl (C=O) groups is 2. The molecule has 4 N–H and O–H groups in total. The van der Waals surface area contributed by atoms with Crippen molar-refractivity contribution in [3.8, 4) is 0 Å². The number of carbonyl (C=O) groups excluding carboxylic acids is 2. The smallest absolute Gasteiger partial charge is 0.231 e. The molecule has 0 spiro atoms. The fourth-order valence-electron chi connectivity index (χ4n) is 4.00. The van der Waals surface area contributed by atoms with Crippen LogP contribution in [0.25, 0.3) is 0 Å². The van der Waals surface area contributed by atoms with Gasteiger partial charge in [0.2, 0.25) is 11.8 Å². The van der Waals surface area contributed by atoms with Crippen molar-refractivity contribution < 1.29 is 9.59 Å². The molecular weight excluding hydrogens is 292 g/mol. The predicted molar refractivity (Wildman–Crippen MR) is 90.6 cm³/mol. The van der Waals surface area contributed by atoms with Gasteiger partial charge in [0, 0.05) is 0 Å². The maximum absolute atomic E-state index is 10.9. The summed E-state index contributed by atoms with van der Waals surface area (Å²) < 4.78 is 0. The number of likely N-dealkylation sites (tertiary alicyclic amines) is 2. The van der Waals surface area contributed by atoms with E-state index in [1.54, 1.807) is 0 Å². The van der Waals surface area contributed by atoms with Gasteiger partial charge in [-0.15, -0.1) is 0 Å². The molecule has 6 nitrogen and oxygen atoms in total. The summed E-state index contributed by atoms with van der Waals surface area (Å²) in [5.41, 5.74) is 10.5. The molecule has 0 atom stereocenters. The molecular formula is C17H32N4O2. The van der Waals surface area contributed by atoms with E-state index in [1.807, 2.05) is 0 Å². The topological polar surface area (TPSA) is 92.7 Å². The van der Waals surface area contributed by atoms with Crippen LogP contribution in [0.4, 0.5) is 0 Å². The lowest BCUT2D eigenvalue weighted by molar-refractivity contribution is -0.120. The quantitative estimate of drug-likeness (QED) is 0.682. The zero-order valence-corrected chi connectivity index (χ0v) is 14.2. The van der Waals surface area contributed by atoms with Crippen molar-refractivity contribution in [1.29, 1.82) is 0 Å². The van der Waals surface area contributed by atoms with E-state index in [0.29, 0.717) is 13.1 Å². The zero-order valence-electron chi connectivity index (χ0n) is 14.2. The van der Waals surface area contributed by atoms with Gasteiger partial charge in [-0.3, -0.25) is 19.4 Å². The fraction of sp³-hybridized carbons (Fsp3) is 0.882. The van der Waals surface area contributed by atoms with Gasteiger partial charge in [-0.25, -0.2) is 0 Å². The summed E-state index contributed by atoms with van der Waals surface area (Å²) in [6, 6.07) is 0. The molecule has 0 saturated carbocycles. The van der Waals surface area contributed by atoms with Gasteiger partial charge >= 0.3 is 0 Å². The number of primary amides is 2. The van der Waals surface area contributed by atoms with E-state index in [1.165, 1.54) is 44.9 Å². The molecule has 0 aromatic rings. The van der Waals surface area contributed by atoms with E-state index >= 15 is 0 Å². The number of hydrogen-bond acceptors (Lipinski definition) is 4. The second kappa shape index (κ2) is 9.23. The molecule has 0 unspecified atom stereocenters. The van der Waals surface area contributed by atoms with Crippen LogP contribution in [-0.2, 0) is 9.59 Å². The molecule has 2 rings (SSSR count). The normalized spacial score (nSPS) is 22.3. The first kappa shape index (κ1) is 18.2. The van der Waals surface area contributed by atoms with E-state index in [4.69, 9.17) is 11.5 Å². The van der Waals surface area contributed by atoms with Crippen molar-refractivity contribution in [1.82, 2.24) is 9.80 Å². The Labute approximate surface area is 139 Å². The maximum Gasteiger partial charge on any atom is 0.231 e. The maximum atomic E-state index is 10.9. The second-order valence-electron chi connectivity index (χ2n) is 7.30. The van der Waals surface area contributed by atoms with Crippen LogP contribution < -0.4 is 11.5 Å². The molecule has 0 bridgehead atoms. The summed E-state index contributed by atoms with van der Waals surface area (Å²) in [4.78, 5) is 26.2. The van der Waals surface area contributed by atoms with Gasteiger partial charge in [-0.05, 0) is 63.7 Å². The number of piperidine rings is 2.